The highest BCUT2D eigenvalue weighted by Crippen LogP contribution is 2.30. The summed E-state index contributed by atoms with van der Waals surface area (Å²) in [4.78, 5) is 23.5. The van der Waals surface area contributed by atoms with Crippen LogP contribution in [0.3, 0.4) is 0 Å². The van der Waals surface area contributed by atoms with E-state index in [4.69, 9.17) is 0 Å². The molecule has 0 aliphatic heterocycles. The minimum Gasteiger partial charge on any atom is -0.343 e. The molecule has 5 nitrogen and oxygen atoms in total. The molecule has 2 aromatic carbocycles. The molecule has 0 fully saturated rings. The van der Waals surface area contributed by atoms with E-state index in [1.807, 2.05) is 6.92 Å². The second-order valence-electron chi connectivity index (χ2n) is 5.43. The van der Waals surface area contributed by atoms with Gasteiger partial charge in [-0.05, 0) is 25.1 Å². The summed E-state index contributed by atoms with van der Waals surface area (Å²) in [7, 11) is 0. The Morgan fingerprint density at radius 3 is 2.38 bits per heavy atom. The third-order valence-electron chi connectivity index (χ3n) is 3.38. The van der Waals surface area contributed by atoms with Crippen LogP contribution in [0.4, 0.5) is 13.2 Å². The number of alkyl halides is 3. The monoisotopic (exact) mass is 363 g/mol. The fourth-order valence-corrected chi connectivity index (χ4v) is 2.05. The van der Waals surface area contributed by atoms with Crippen LogP contribution in [0.5, 0.6) is 0 Å². The Balaban J connectivity index is 1.88. The van der Waals surface area contributed by atoms with E-state index in [9.17, 15) is 22.8 Å². The summed E-state index contributed by atoms with van der Waals surface area (Å²) >= 11 is 0. The number of amides is 2. The SMILES string of the molecule is Cc1ccc(C(=O)NCC(=O)N/N=C\c2ccccc2C(F)(F)F)cc1. The molecule has 0 bridgehead atoms. The summed E-state index contributed by atoms with van der Waals surface area (Å²) in [6, 6.07) is 11.6. The number of rotatable bonds is 5. The van der Waals surface area contributed by atoms with Crippen molar-refractivity contribution in [2.75, 3.05) is 6.54 Å². The van der Waals surface area contributed by atoms with Gasteiger partial charge in [0.25, 0.3) is 11.8 Å². The predicted octanol–water partition coefficient (Wildman–Crippen LogP) is 2.89. The first-order chi connectivity index (χ1) is 12.3. The van der Waals surface area contributed by atoms with Gasteiger partial charge in [0.05, 0.1) is 18.3 Å². The largest absolute Gasteiger partial charge is 0.417 e. The summed E-state index contributed by atoms with van der Waals surface area (Å²) in [6.45, 7) is 1.52. The van der Waals surface area contributed by atoms with Crippen LogP contribution in [0.15, 0.2) is 53.6 Å². The summed E-state index contributed by atoms with van der Waals surface area (Å²) in [5.74, 6) is -1.10. The number of carbonyl (C=O) groups excluding carboxylic acids is 2. The lowest BCUT2D eigenvalue weighted by atomic mass is 10.1. The topological polar surface area (TPSA) is 70.6 Å². The zero-order valence-corrected chi connectivity index (χ0v) is 13.8. The summed E-state index contributed by atoms with van der Waals surface area (Å²) in [5, 5.41) is 5.90. The maximum Gasteiger partial charge on any atom is 0.417 e. The molecule has 136 valence electrons. The van der Waals surface area contributed by atoms with E-state index < -0.39 is 23.6 Å². The minimum atomic E-state index is -4.52. The van der Waals surface area contributed by atoms with E-state index in [1.54, 1.807) is 24.3 Å². The van der Waals surface area contributed by atoms with Gasteiger partial charge in [0.2, 0.25) is 0 Å². The van der Waals surface area contributed by atoms with Crippen molar-refractivity contribution in [3.63, 3.8) is 0 Å². The Morgan fingerprint density at radius 1 is 1.08 bits per heavy atom. The average molecular weight is 363 g/mol. The Hall–Kier alpha value is -3.16. The molecular formula is C18H16F3N3O2. The lowest BCUT2D eigenvalue weighted by Gasteiger charge is -2.09. The second kappa shape index (κ2) is 8.28. The summed E-state index contributed by atoms with van der Waals surface area (Å²) < 4.78 is 38.5. The molecule has 0 saturated carbocycles. The van der Waals surface area contributed by atoms with Gasteiger partial charge in [-0.2, -0.15) is 18.3 Å². The van der Waals surface area contributed by atoms with Crippen LogP contribution in [-0.2, 0) is 11.0 Å². The Kier molecular flexibility index (Phi) is 6.11. The van der Waals surface area contributed by atoms with Gasteiger partial charge in [0.1, 0.15) is 0 Å². The van der Waals surface area contributed by atoms with E-state index >= 15 is 0 Å². The number of carbonyl (C=O) groups is 2. The quantitative estimate of drug-likeness (QED) is 0.633. The molecule has 0 aliphatic rings. The summed E-state index contributed by atoms with van der Waals surface area (Å²) in [6.07, 6.45) is -3.61. The molecule has 2 rings (SSSR count). The first-order valence-corrected chi connectivity index (χ1v) is 7.60. The highest BCUT2D eigenvalue weighted by molar-refractivity contribution is 5.96. The van der Waals surface area contributed by atoms with Gasteiger partial charge in [-0.1, -0.05) is 35.9 Å². The van der Waals surface area contributed by atoms with Crippen molar-refractivity contribution in [2.45, 2.75) is 13.1 Å². The number of hydrazone groups is 1. The van der Waals surface area contributed by atoms with Crippen LogP contribution >= 0.6 is 0 Å². The van der Waals surface area contributed by atoms with Crippen molar-refractivity contribution < 1.29 is 22.8 Å². The standard InChI is InChI=1S/C18H16F3N3O2/c1-12-6-8-13(9-7-12)17(26)22-11-16(25)24-23-10-14-4-2-3-5-15(14)18(19,20)21/h2-10H,11H2,1H3,(H,22,26)(H,24,25)/b23-10-. The van der Waals surface area contributed by atoms with Crippen LogP contribution in [0, 0.1) is 6.92 Å². The van der Waals surface area contributed by atoms with Gasteiger partial charge in [-0.15, -0.1) is 0 Å². The molecule has 2 aromatic rings. The molecule has 0 spiro atoms. The maximum absolute atomic E-state index is 12.8. The molecule has 0 aliphatic carbocycles. The number of nitrogens with zero attached hydrogens (tertiary/aromatic N) is 1. The van der Waals surface area contributed by atoms with Crippen molar-refractivity contribution in [3.05, 3.63) is 70.8 Å². The van der Waals surface area contributed by atoms with Crippen LogP contribution < -0.4 is 10.7 Å². The molecule has 2 N–H and O–H groups in total. The van der Waals surface area contributed by atoms with Crippen molar-refractivity contribution in [2.24, 2.45) is 5.10 Å². The lowest BCUT2D eigenvalue weighted by Crippen LogP contribution is -2.34. The smallest absolute Gasteiger partial charge is 0.343 e. The highest BCUT2D eigenvalue weighted by Gasteiger charge is 2.32. The number of benzene rings is 2. The number of nitrogens with one attached hydrogen (secondary N) is 2. The number of aryl methyl sites for hydroxylation is 1. The van der Waals surface area contributed by atoms with Gasteiger partial charge >= 0.3 is 6.18 Å². The van der Waals surface area contributed by atoms with Gasteiger partial charge in [-0.25, -0.2) is 5.43 Å². The van der Waals surface area contributed by atoms with Crippen molar-refractivity contribution >= 4 is 18.0 Å². The second-order valence-corrected chi connectivity index (χ2v) is 5.43. The first-order valence-electron chi connectivity index (χ1n) is 7.60. The Morgan fingerprint density at radius 2 is 1.73 bits per heavy atom. The fraction of sp³-hybridized carbons (Fsp3) is 0.167. The first kappa shape index (κ1) is 19.2. The fourth-order valence-electron chi connectivity index (χ4n) is 2.05. The zero-order valence-electron chi connectivity index (χ0n) is 13.8. The lowest BCUT2D eigenvalue weighted by molar-refractivity contribution is -0.137. The number of hydrogen-bond acceptors (Lipinski definition) is 3. The van der Waals surface area contributed by atoms with Crippen LogP contribution in [0.2, 0.25) is 0 Å². The Bertz CT molecular complexity index is 815. The number of hydrogen-bond donors (Lipinski definition) is 2. The summed E-state index contributed by atoms with van der Waals surface area (Å²) in [5.41, 5.74) is 2.43. The molecule has 8 heteroatoms. The highest BCUT2D eigenvalue weighted by atomic mass is 19.4. The van der Waals surface area contributed by atoms with Crippen LogP contribution in [-0.4, -0.2) is 24.6 Å². The molecule has 0 atom stereocenters. The van der Waals surface area contributed by atoms with E-state index in [2.05, 4.69) is 15.8 Å². The van der Waals surface area contributed by atoms with Gasteiger partial charge in [0, 0.05) is 11.1 Å². The van der Waals surface area contributed by atoms with E-state index in [1.165, 1.54) is 18.2 Å². The van der Waals surface area contributed by atoms with Crippen molar-refractivity contribution in [1.29, 1.82) is 0 Å². The van der Waals surface area contributed by atoms with Crippen molar-refractivity contribution in [1.82, 2.24) is 10.7 Å². The predicted molar refractivity (Wildman–Crippen MR) is 90.7 cm³/mol. The molecule has 26 heavy (non-hydrogen) atoms. The van der Waals surface area contributed by atoms with Crippen molar-refractivity contribution in [3.8, 4) is 0 Å². The zero-order chi connectivity index (χ0) is 19.2. The molecule has 0 radical (unpaired) electrons. The van der Waals surface area contributed by atoms with E-state index in [-0.39, 0.29) is 12.1 Å². The van der Waals surface area contributed by atoms with E-state index in [0.29, 0.717) is 5.56 Å². The molecule has 0 heterocycles. The molecule has 0 saturated heterocycles. The third-order valence-corrected chi connectivity index (χ3v) is 3.38. The maximum atomic E-state index is 12.8. The molecule has 2 amide bonds. The number of halogens is 3. The molecule has 0 unspecified atom stereocenters. The van der Waals surface area contributed by atoms with Gasteiger partial charge in [-0.3, -0.25) is 9.59 Å². The minimum absolute atomic E-state index is 0.177. The van der Waals surface area contributed by atoms with E-state index in [0.717, 1.165) is 17.8 Å². The third kappa shape index (κ3) is 5.44. The van der Waals surface area contributed by atoms with Crippen LogP contribution in [0.1, 0.15) is 27.0 Å². The molecular weight excluding hydrogens is 347 g/mol. The molecule has 0 aromatic heterocycles. The van der Waals surface area contributed by atoms with Gasteiger partial charge < -0.3 is 5.32 Å². The van der Waals surface area contributed by atoms with Gasteiger partial charge in [0.15, 0.2) is 0 Å². The average Bonchev–Trinajstić information content (AvgIpc) is 2.60. The normalized spacial score (nSPS) is 11.4. The Labute approximate surface area is 147 Å². The van der Waals surface area contributed by atoms with Crippen LogP contribution in [0.25, 0.3) is 0 Å².